The fourth-order valence-electron chi connectivity index (χ4n) is 4.26. The van der Waals surface area contributed by atoms with Crippen molar-refractivity contribution >= 4 is 6.08 Å². The Labute approximate surface area is 126 Å². The van der Waals surface area contributed by atoms with Gasteiger partial charge in [-0.25, -0.2) is 4.79 Å². The van der Waals surface area contributed by atoms with Gasteiger partial charge in [0.2, 0.25) is 6.08 Å². The third-order valence-electron chi connectivity index (χ3n) is 5.22. The Balaban J connectivity index is 2.27. The molecule has 1 saturated carbocycles. The molecule has 0 spiro atoms. The van der Waals surface area contributed by atoms with E-state index in [1.54, 1.807) is 7.11 Å². The van der Waals surface area contributed by atoms with Gasteiger partial charge in [0.15, 0.2) is 0 Å². The molecule has 0 amide bonds. The van der Waals surface area contributed by atoms with Crippen molar-refractivity contribution in [3.8, 4) is 5.75 Å². The van der Waals surface area contributed by atoms with E-state index in [1.165, 1.54) is 35.1 Å². The highest BCUT2D eigenvalue weighted by atomic mass is 16.5. The maximum absolute atomic E-state index is 11.0. The molecule has 1 aromatic carbocycles. The molecule has 0 heterocycles. The van der Waals surface area contributed by atoms with Crippen molar-refractivity contribution in [2.24, 2.45) is 4.99 Å². The number of isocyanates is 1. The topological polar surface area (TPSA) is 38.7 Å². The molecule has 1 aromatic rings. The summed E-state index contributed by atoms with van der Waals surface area (Å²) in [5.41, 5.74) is 4.98. The van der Waals surface area contributed by atoms with Gasteiger partial charge in [0, 0.05) is 5.56 Å². The van der Waals surface area contributed by atoms with E-state index in [9.17, 15) is 4.79 Å². The van der Waals surface area contributed by atoms with Crippen LogP contribution in [0.4, 0.5) is 0 Å². The largest absolute Gasteiger partial charge is 0.496 e. The van der Waals surface area contributed by atoms with Crippen molar-refractivity contribution < 1.29 is 9.53 Å². The highest BCUT2D eigenvalue weighted by Crippen LogP contribution is 2.49. The van der Waals surface area contributed by atoms with Crippen LogP contribution in [0, 0.1) is 6.92 Å². The van der Waals surface area contributed by atoms with Crippen molar-refractivity contribution in [2.45, 2.75) is 63.8 Å². The highest BCUT2D eigenvalue weighted by Gasteiger charge is 2.41. The molecule has 0 bridgehead atoms. The van der Waals surface area contributed by atoms with Crippen molar-refractivity contribution in [3.63, 3.8) is 0 Å². The normalized spacial score (nSPS) is 19.7. The van der Waals surface area contributed by atoms with Crippen molar-refractivity contribution in [2.75, 3.05) is 7.11 Å². The fourth-order valence-corrected chi connectivity index (χ4v) is 4.26. The van der Waals surface area contributed by atoms with Crippen LogP contribution in [0.2, 0.25) is 0 Å². The van der Waals surface area contributed by atoms with E-state index in [0.717, 1.165) is 44.3 Å². The highest BCUT2D eigenvalue weighted by molar-refractivity contribution is 5.55. The number of aryl methyl sites for hydroxylation is 1. The molecule has 1 fully saturated rings. The second-order valence-electron chi connectivity index (χ2n) is 6.38. The van der Waals surface area contributed by atoms with E-state index in [0.29, 0.717) is 0 Å². The number of carbonyl (C=O) groups excluding carboxylic acids is 1. The second kappa shape index (κ2) is 5.65. The van der Waals surface area contributed by atoms with Crippen LogP contribution in [0.1, 0.15) is 60.8 Å². The lowest BCUT2D eigenvalue weighted by atomic mass is 9.77. The first kappa shape index (κ1) is 14.3. The maximum Gasteiger partial charge on any atom is 0.235 e. The number of aliphatic imine (C=N–C) groups is 1. The van der Waals surface area contributed by atoms with Gasteiger partial charge in [-0.1, -0.05) is 12.8 Å². The molecule has 0 unspecified atom stereocenters. The first-order valence-corrected chi connectivity index (χ1v) is 8.01. The Bertz CT molecular complexity index is 594. The van der Waals surface area contributed by atoms with Gasteiger partial charge in [-0.05, 0) is 68.2 Å². The van der Waals surface area contributed by atoms with E-state index in [2.05, 4.69) is 18.0 Å². The van der Waals surface area contributed by atoms with E-state index in [-0.39, 0.29) is 5.54 Å². The predicted molar refractivity (Wildman–Crippen MR) is 82.6 cm³/mol. The minimum atomic E-state index is -0.387. The van der Waals surface area contributed by atoms with Crippen LogP contribution in [0.3, 0.4) is 0 Å². The number of benzene rings is 1. The minimum absolute atomic E-state index is 0.387. The zero-order valence-corrected chi connectivity index (χ0v) is 13.0. The Morgan fingerprint density at radius 1 is 1.14 bits per heavy atom. The first-order chi connectivity index (χ1) is 10.2. The summed E-state index contributed by atoms with van der Waals surface area (Å²) in [6, 6.07) is 2.14. The molecule has 0 aliphatic heterocycles. The second-order valence-corrected chi connectivity index (χ2v) is 6.38. The summed E-state index contributed by atoms with van der Waals surface area (Å²) >= 11 is 0. The maximum atomic E-state index is 11.0. The Morgan fingerprint density at radius 3 is 2.43 bits per heavy atom. The molecule has 2 aliphatic carbocycles. The average Bonchev–Trinajstić information content (AvgIpc) is 2.96. The summed E-state index contributed by atoms with van der Waals surface area (Å²) in [7, 11) is 1.72. The molecule has 0 radical (unpaired) electrons. The lowest BCUT2D eigenvalue weighted by Gasteiger charge is -2.32. The molecule has 0 aromatic heterocycles. The molecule has 2 aliphatic rings. The molecule has 0 saturated heterocycles. The molecule has 3 nitrogen and oxygen atoms in total. The number of fused-ring (bicyclic) bond motifs is 1. The lowest BCUT2D eigenvalue weighted by molar-refractivity contribution is 0.375. The minimum Gasteiger partial charge on any atom is -0.496 e. The molecular formula is C18H23NO2. The first-order valence-electron chi connectivity index (χ1n) is 8.01. The molecular weight excluding hydrogens is 262 g/mol. The molecule has 3 rings (SSSR count). The summed E-state index contributed by atoms with van der Waals surface area (Å²) < 4.78 is 5.69. The zero-order valence-electron chi connectivity index (χ0n) is 13.0. The van der Waals surface area contributed by atoms with Gasteiger partial charge in [-0.3, -0.25) is 0 Å². The standard InChI is InChI=1S/C18H23NO2/c1-13-11-16(21-2)17(15-8-4-3-7-14(13)15)18(19-12-20)9-5-6-10-18/h11H,3-10H2,1-2H3. The van der Waals surface area contributed by atoms with Gasteiger partial charge < -0.3 is 4.74 Å². The van der Waals surface area contributed by atoms with Gasteiger partial charge in [0.05, 0.1) is 7.11 Å². The van der Waals surface area contributed by atoms with Crippen LogP contribution >= 0.6 is 0 Å². The summed E-state index contributed by atoms with van der Waals surface area (Å²) in [6.45, 7) is 2.17. The van der Waals surface area contributed by atoms with Crippen molar-refractivity contribution in [3.05, 3.63) is 28.3 Å². The molecule has 3 heteroatoms. The lowest BCUT2D eigenvalue weighted by Crippen LogP contribution is -2.24. The third kappa shape index (κ3) is 2.30. The molecule has 112 valence electrons. The number of methoxy groups -OCH3 is 1. The number of ether oxygens (including phenoxy) is 1. The summed E-state index contributed by atoms with van der Waals surface area (Å²) in [6.07, 6.45) is 10.7. The summed E-state index contributed by atoms with van der Waals surface area (Å²) in [5.74, 6) is 0.911. The van der Waals surface area contributed by atoms with Gasteiger partial charge in [0.1, 0.15) is 11.3 Å². The molecule has 21 heavy (non-hydrogen) atoms. The Morgan fingerprint density at radius 2 is 1.81 bits per heavy atom. The predicted octanol–water partition coefficient (Wildman–Crippen LogP) is 3.99. The van der Waals surface area contributed by atoms with Crippen LogP contribution in [0.5, 0.6) is 5.75 Å². The van der Waals surface area contributed by atoms with Crippen LogP contribution in [-0.4, -0.2) is 13.2 Å². The average molecular weight is 285 g/mol. The van der Waals surface area contributed by atoms with Crippen molar-refractivity contribution in [1.29, 1.82) is 0 Å². The number of hydrogen-bond acceptors (Lipinski definition) is 3. The molecule has 0 N–H and O–H groups in total. The van der Waals surface area contributed by atoms with Gasteiger partial charge in [-0.2, -0.15) is 4.99 Å². The van der Waals surface area contributed by atoms with Gasteiger partial charge >= 0.3 is 0 Å². The van der Waals surface area contributed by atoms with Crippen LogP contribution in [0.15, 0.2) is 11.1 Å². The van der Waals surface area contributed by atoms with Crippen LogP contribution in [0.25, 0.3) is 0 Å². The number of rotatable bonds is 3. The van der Waals surface area contributed by atoms with E-state index >= 15 is 0 Å². The Hall–Kier alpha value is -1.60. The van der Waals surface area contributed by atoms with Crippen LogP contribution in [-0.2, 0) is 23.2 Å². The van der Waals surface area contributed by atoms with E-state index < -0.39 is 0 Å². The number of hydrogen-bond donors (Lipinski definition) is 0. The van der Waals surface area contributed by atoms with Gasteiger partial charge in [0.25, 0.3) is 0 Å². The summed E-state index contributed by atoms with van der Waals surface area (Å²) in [4.78, 5) is 15.3. The smallest absolute Gasteiger partial charge is 0.235 e. The zero-order chi connectivity index (χ0) is 14.9. The van der Waals surface area contributed by atoms with Gasteiger partial charge in [-0.15, -0.1) is 0 Å². The third-order valence-corrected chi connectivity index (χ3v) is 5.22. The SMILES string of the molecule is COc1cc(C)c2c(c1C1(N=C=O)CCCC1)CCCC2. The van der Waals surface area contributed by atoms with Crippen molar-refractivity contribution in [1.82, 2.24) is 0 Å². The van der Waals surface area contributed by atoms with E-state index in [4.69, 9.17) is 4.74 Å². The fraction of sp³-hybridized carbons (Fsp3) is 0.611. The quantitative estimate of drug-likeness (QED) is 0.622. The summed E-state index contributed by atoms with van der Waals surface area (Å²) in [5, 5.41) is 0. The monoisotopic (exact) mass is 285 g/mol. The van der Waals surface area contributed by atoms with E-state index in [1.807, 2.05) is 6.08 Å². The molecule has 0 atom stereocenters. The van der Waals surface area contributed by atoms with Crippen LogP contribution < -0.4 is 4.74 Å². The Kier molecular flexibility index (Phi) is 3.86. The number of nitrogens with zero attached hydrogens (tertiary/aromatic N) is 1.